The highest BCUT2D eigenvalue weighted by molar-refractivity contribution is 5.96. The molecule has 8 heteroatoms. The summed E-state index contributed by atoms with van der Waals surface area (Å²) in [5.41, 5.74) is 8.60. The molecule has 2 rings (SSSR count). The van der Waals surface area contributed by atoms with E-state index in [0.717, 1.165) is 35.5 Å². The molecular weight excluding hydrogens is 406 g/mol. The number of hydrogen-bond donors (Lipinski definition) is 3. The van der Waals surface area contributed by atoms with Crippen molar-refractivity contribution in [3.05, 3.63) is 46.9 Å². The van der Waals surface area contributed by atoms with Crippen LogP contribution in [0.25, 0.3) is 0 Å². The normalized spacial score (nSPS) is 12.2. The fraction of sp³-hybridized carbons (Fsp3) is 0.500. The summed E-state index contributed by atoms with van der Waals surface area (Å²) in [5, 5.41) is 6.01. The molecule has 0 radical (unpaired) electrons. The zero-order valence-corrected chi connectivity index (χ0v) is 19.9. The third-order valence-corrected chi connectivity index (χ3v) is 4.78. The van der Waals surface area contributed by atoms with Gasteiger partial charge in [-0.25, -0.2) is 14.8 Å². The Kier molecular flexibility index (Phi) is 8.57. The number of aryl methyl sites for hydroxylation is 2. The van der Waals surface area contributed by atoms with Crippen LogP contribution in [0.15, 0.2) is 24.3 Å². The molecule has 8 nitrogen and oxygen atoms in total. The zero-order chi connectivity index (χ0) is 23.9. The van der Waals surface area contributed by atoms with E-state index in [4.69, 9.17) is 10.5 Å². The van der Waals surface area contributed by atoms with Crippen molar-refractivity contribution in [3.8, 4) is 0 Å². The molecule has 1 aromatic carbocycles. The molecule has 1 atom stereocenters. The first kappa shape index (κ1) is 25.1. The molecule has 174 valence electrons. The van der Waals surface area contributed by atoms with E-state index in [9.17, 15) is 9.59 Å². The first-order valence-electron chi connectivity index (χ1n) is 11.1. The Hall–Kier alpha value is -3.16. The van der Waals surface area contributed by atoms with E-state index in [1.165, 1.54) is 0 Å². The van der Waals surface area contributed by atoms with Gasteiger partial charge in [0.05, 0.1) is 11.4 Å². The average molecular weight is 442 g/mol. The minimum atomic E-state index is -0.621. The van der Waals surface area contributed by atoms with Crippen molar-refractivity contribution < 1.29 is 14.3 Å². The number of rotatable bonds is 9. The Labute approximate surface area is 190 Å². The van der Waals surface area contributed by atoms with Gasteiger partial charge in [-0.2, -0.15) is 0 Å². The number of amides is 2. The second kappa shape index (κ2) is 10.9. The van der Waals surface area contributed by atoms with Gasteiger partial charge in [0.25, 0.3) is 5.91 Å². The average Bonchev–Trinajstić information content (AvgIpc) is 2.71. The van der Waals surface area contributed by atoms with Crippen LogP contribution in [0.5, 0.6) is 0 Å². The number of nitrogens with two attached hydrogens (primary N) is 1. The lowest BCUT2D eigenvalue weighted by Crippen LogP contribution is -2.34. The maximum atomic E-state index is 12.0. The molecule has 2 amide bonds. The van der Waals surface area contributed by atoms with E-state index in [-0.39, 0.29) is 11.6 Å². The van der Waals surface area contributed by atoms with Crippen LogP contribution >= 0.6 is 0 Å². The molecule has 1 aromatic heterocycles. The van der Waals surface area contributed by atoms with Crippen molar-refractivity contribution in [1.82, 2.24) is 15.3 Å². The smallest absolute Gasteiger partial charge is 0.407 e. The van der Waals surface area contributed by atoms with Gasteiger partial charge in [-0.1, -0.05) is 39.3 Å². The van der Waals surface area contributed by atoms with Crippen LogP contribution in [-0.2, 0) is 17.6 Å². The van der Waals surface area contributed by atoms with Gasteiger partial charge >= 0.3 is 6.09 Å². The minimum absolute atomic E-state index is 0.0454. The Morgan fingerprint density at radius 3 is 2.47 bits per heavy atom. The van der Waals surface area contributed by atoms with Crippen molar-refractivity contribution in [2.75, 3.05) is 11.9 Å². The number of carbonyl (C=O) groups is 2. The predicted octanol–water partition coefficient (Wildman–Crippen LogP) is 4.46. The summed E-state index contributed by atoms with van der Waals surface area (Å²) in [6.07, 6.45) is 1.94. The third kappa shape index (κ3) is 7.21. The van der Waals surface area contributed by atoms with Gasteiger partial charge in [0, 0.05) is 12.2 Å². The Morgan fingerprint density at radius 2 is 1.88 bits per heavy atom. The summed E-state index contributed by atoms with van der Waals surface area (Å²) in [6.45, 7) is 12.0. The number of nitrogens with zero attached hydrogens (tertiary/aromatic N) is 2. The van der Waals surface area contributed by atoms with Crippen LogP contribution in [0.4, 0.5) is 16.3 Å². The quantitative estimate of drug-likeness (QED) is 0.528. The van der Waals surface area contributed by atoms with E-state index in [1.807, 2.05) is 58.9 Å². The number of anilines is 2. The Balaban J connectivity index is 2.21. The van der Waals surface area contributed by atoms with Gasteiger partial charge in [0.15, 0.2) is 11.5 Å². The Morgan fingerprint density at radius 1 is 1.16 bits per heavy atom. The molecule has 0 saturated carbocycles. The Bertz CT molecular complexity index is 953. The van der Waals surface area contributed by atoms with Crippen molar-refractivity contribution in [1.29, 1.82) is 0 Å². The van der Waals surface area contributed by atoms with Crippen molar-refractivity contribution in [3.63, 3.8) is 0 Å². The molecular formula is C24H35N5O3. The van der Waals surface area contributed by atoms with Crippen LogP contribution in [-0.4, -0.2) is 34.1 Å². The molecule has 0 unspecified atom stereocenters. The highest BCUT2D eigenvalue weighted by Crippen LogP contribution is 2.24. The molecule has 1 heterocycles. The molecule has 0 aliphatic heterocycles. The van der Waals surface area contributed by atoms with Crippen molar-refractivity contribution >= 4 is 23.5 Å². The summed E-state index contributed by atoms with van der Waals surface area (Å²) < 4.78 is 5.29. The number of benzene rings is 1. The van der Waals surface area contributed by atoms with Crippen LogP contribution in [0.3, 0.4) is 0 Å². The number of hydrogen-bond acceptors (Lipinski definition) is 6. The van der Waals surface area contributed by atoms with E-state index in [2.05, 4.69) is 27.5 Å². The van der Waals surface area contributed by atoms with Crippen LogP contribution in [0.1, 0.15) is 81.3 Å². The fourth-order valence-corrected chi connectivity index (χ4v) is 3.21. The van der Waals surface area contributed by atoms with E-state index in [0.29, 0.717) is 18.8 Å². The maximum Gasteiger partial charge on any atom is 0.407 e. The molecule has 0 aliphatic carbocycles. The topological polar surface area (TPSA) is 119 Å². The summed E-state index contributed by atoms with van der Waals surface area (Å²) in [7, 11) is 0. The van der Waals surface area contributed by atoms with Gasteiger partial charge in [-0.05, 0) is 57.2 Å². The lowest BCUT2D eigenvalue weighted by Gasteiger charge is -2.21. The zero-order valence-electron chi connectivity index (χ0n) is 19.9. The number of ether oxygens (including phenoxy) is 1. The van der Waals surface area contributed by atoms with Crippen molar-refractivity contribution in [2.45, 2.75) is 72.3 Å². The van der Waals surface area contributed by atoms with E-state index < -0.39 is 17.6 Å². The summed E-state index contributed by atoms with van der Waals surface area (Å²) in [5.74, 6) is -0.220. The molecule has 32 heavy (non-hydrogen) atoms. The summed E-state index contributed by atoms with van der Waals surface area (Å²) in [6, 6.07) is 7.74. The molecule has 0 fully saturated rings. The number of carbonyl (C=O) groups excluding carboxylic acids is 2. The third-order valence-electron chi connectivity index (χ3n) is 4.78. The summed E-state index contributed by atoms with van der Waals surface area (Å²) >= 11 is 0. The first-order valence-corrected chi connectivity index (χ1v) is 11.1. The SMILES string of the molecule is CCCc1nc(Nc2cccc([C@@H](C)CNC(=O)OC(C)(C)C)c2)c(C(N)=O)nc1CC. The largest absolute Gasteiger partial charge is 0.444 e. The molecule has 0 bridgehead atoms. The van der Waals surface area contributed by atoms with Crippen LogP contribution in [0, 0.1) is 0 Å². The molecule has 2 aromatic rings. The van der Waals surface area contributed by atoms with Crippen LogP contribution < -0.4 is 16.4 Å². The second-order valence-electron chi connectivity index (χ2n) is 8.82. The van der Waals surface area contributed by atoms with Gasteiger partial charge in [0.1, 0.15) is 5.60 Å². The molecule has 0 saturated heterocycles. The predicted molar refractivity (Wildman–Crippen MR) is 126 cm³/mol. The standard InChI is InChI=1S/C24H35N5O3/c1-7-10-19-18(8-2)28-20(21(25)30)22(29-19)27-17-12-9-11-16(13-17)15(3)14-26-23(31)32-24(4,5)6/h9,11-13,15H,7-8,10,14H2,1-6H3,(H2,25,30)(H,26,31)(H,27,29)/t15-/m0/s1. The first-order chi connectivity index (χ1) is 15.0. The molecule has 0 spiro atoms. The van der Waals surface area contributed by atoms with Gasteiger partial charge < -0.3 is 21.1 Å². The maximum absolute atomic E-state index is 12.0. The lowest BCUT2D eigenvalue weighted by molar-refractivity contribution is 0.0525. The minimum Gasteiger partial charge on any atom is -0.444 e. The van der Waals surface area contributed by atoms with Crippen LogP contribution in [0.2, 0.25) is 0 Å². The second-order valence-corrected chi connectivity index (χ2v) is 8.82. The highest BCUT2D eigenvalue weighted by atomic mass is 16.6. The highest BCUT2D eigenvalue weighted by Gasteiger charge is 2.18. The molecule has 0 aliphatic rings. The number of nitrogens with one attached hydrogen (secondary N) is 2. The van der Waals surface area contributed by atoms with Gasteiger partial charge in [-0.3, -0.25) is 4.79 Å². The van der Waals surface area contributed by atoms with E-state index >= 15 is 0 Å². The van der Waals surface area contributed by atoms with Gasteiger partial charge in [0.2, 0.25) is 0 Å². The van der Waals surface area contributed by atoms with Crippen molar-refractivity contribution in [2.24, 2.45) is 5.73 Å². The molecule has 4 N–H and O–H groups in total. The summed E-state index contributed by atoms with van der Waals surface area (Å²) in [4.78, 5) is 33.1. The number of primary amides is 1. The van der Waals surface area contributed by atoms with E-state index in [1.54, 1.807) is 0 Å². The number of aromatic nitrogens is 2. The monoisotopic (exact) mass is 441 g/mol. The lowest BCUT2D eigenvalue weighted by atomic mass is 10.0. The fourth-order valence-electron chi connectivity index (χ4n) is 3.21. The van der Waals surface area contributed by atoms with Gasteiger partial charge in [-0.15, -0.1) is 0 Å². The number of alkyl carbamates (subject to hydrolysis) is 1.